The molecule has 11 heteroatoms. The van der Waals surface area contributed by atoms with Crippen LogP contribution in [0.2, 0.25) is 0 Å². The molecule has 0 unspecified atom stereocenters. The molecule has 24 heavy (non-hydrogen) atoms. The topological polar surface area (TPSA) is 77.8 Å². The van der Waals surface area contributed by atoms with Crippen LogP contribution in [0.5, 0.6) is 17.2 Å². The number of phenols is 3. The van der Waals surface area contributed by atoms with Crippen molar-refractivity contribution in [2.75, 3.05) is 0 Å². The molecule has 0 heterocycles. The summed E-state index contributed by atoms with van der Waals surface area (Å²) in [5, 5.41) is 29.9. The fraction of sp³-hybridized carbons (Fsp3) is 0. The van der Waals surface area contributed by atoms with E-state index in [1.165, 1.54) is 0 Å². The number of hydrogen-bond acceptors (Lipinski definition) is 4. The highest BCUT2D eigenvalue weighted by Crippen LogP contribution is 2.50. The van der Waals surface area contributed by atoms with Crippen molar-refractivity contribution in [1.29, 1.82) is 0 Å². The van der Waals surface area contributed by atoms with Gasteiger partial charge >= 0.3 is 0 Å². The lowest BCUT2D eigenvalue weighted by atomic mass is 10.0. The molecule has 0 aliphatic rings. The number of halogens is 7. The highest BCUT2D eigenvalue weighted by Gasteiger charge is 2.30. The van der Waals surface area contributed by atoms with Gasteiger partial charge in [-0.3, -0.25) is 4.79 Å². The van der Waals surface area contributed by atoms with Crippen LogP contribution in [0.4, 0.5) is 0 Å². The van der Waals surface area contributed by atoms with Crippen molar-refractivity contribution < 1.29 is 20.1 Å². The maximum absolute atomic E-state index is 13.1. The van der Waals surface area contributed by atoms with Gasteiger partial charge in [-0.1, -0.05) is 0 Å². The zero-order valence-corrected chi connectivity index (χ0v) is 22.0. The van der Waals surface area contributed by atoms with Gasteiger partial charge in [-0.2, -0.15) is 0 Å². The predicted molar refractivity (Wildman–Crippen MR) is 115 cm³/mol. The third-order valence-electron chi connectivity index (χ3n) is 2.97. The lowest BCUT2D eigenvalue weighted by molar-refractivity contribution is 0.103. The van der Waals surface area contributed by atoms with Crippen LogP contribution in [0.3, 0.4) is 0 Å². The Morgan fingerprint density at radius 3 is 1.21 bits per heavy atom. The van der Waals surface area contributed by atoms with Gasteiger partial charge in [0.2, 0.25) is 0 Å². The monoisotopic (exact) mass is 775 g/mol. The Kier molecular flexibility index (Phi) is 6.93. The predicted octanol–water partition coefficient (Wildman–Crippen LogP) is 7.37. The summed E-state index contributed by atoms with van der Waals surface area (Å²) < 4.78 is 1.64. The Hall–Kier alpha value is 0.870. The third kappa shape index (κ3) is 3.38. The summed E-state index contributed by atoms with van der Waals surface area (Å²) in [6, 6.07) is 0. The van der Waals surface area contributed by atoms with Crippen LogP contribution in [0.1, 0.15) is 15.9 Å². The minimum absolute atomic E-state index is 0.0270. The number of benzene rings is 2. The first-order valence-corrected chi connectivity index (χ1v) is 11.2. The van der Waals surface area contributed by atoms with E-state index in [2.05, 4.69) is 112 Å². The molecular weight excluding hydrogens is 779 g/mol. The molecule has 3 N–H and O–H groups in total. The van der Waals surface area contributed by atoms with Crippen molar-refractivity contribution in [1.82, 2.24) is 0 Å². The van der Waals surface area contributed by atoms with E-state index in [9.17, 15) is 20.1 Å². The van der Waals surface area contributed by atoms with Crippen molar-refractivity contribution in [3.05, 3.63) is 42.4 Å². The summed E-state index contributed by atoms with van der Waals surface area (Å²) in [6.45, 7) is 0. The summed E-state index contributed by atoms with van der Waals surface area (Å²) in [5.41, 5.74) is 0.285. The largest absolute Gasteiger partial charge is 0.505 e. The molecule has 0 spiro atoms. The minimum atomic E-state index is -0.482. The molecule has 0 fully saturated rings. The number of ketones is 1. The molecule has 2 aromatic rings. The van der Waals surface area contributed by atoms with Gasteiger partial charge in [0.15, 0.2) is 17.3 Å². The Balaban J connectivity index is 2.87. The van der Waals surface area contributed by atoms with E-state index in [0.29, 0.717) is 8.95 Å². The molecule has 0 saturated carbocycles. The Labute approximate surface area is 194 Å². The van der Waals surface area contributed by atoms with Crippen molar-refractivity contribution in [3.63, 3.8) is 0 Å². The van der Waals surface area contributed by atoms with Crippen LogP contribution in [-0.2, 0) is 0 Å². The quantitative estimate of drug-likeness (QED) is 0.169. The highest BCUT2D eigenvalue weighted by molar-refractivity contribution is 9.14. The van der Waals surface area contributed by atoms with E-state index >= 15 is 0 Å². The molecule has 0 amide bonds. The standard InChI is InChI=1S/C13H3Br7O4/c14-3-1(4(15)8(19)11(22)7(3)18)10(21)2-5(16)9(20)13(24)12(23)6(2)17/h22-24H. The Bertz CT molecular complexity index is 765. The van der Waals surface area contributed by atoms with Gasteiger partial charge < -0.3 is 15.3 Å². The maximum Gasteiger partial charge on any atom is 0.197 e. The van der Waals surface area contributed by atoms with Crippen molar-refractivity contribution >= 4 is 117 Å². The maximum atomic E-state index is 13.1. The zero-order chi connectivity index (χ0) is 18.5. The van der Waals surface area contributed by atoms with Crippen molar-refractivity contribution in [2.45, 2.75) is 0 Å². The Morgan fingerprint density at radius 1 is 0.500 bits per heavy atom. The number of phenolic OH excluding ortho intramolecular Hbond substituents is 3. The molecule has 128 valence electrons. The van der Waals surface area contributed by atoms with E-state index in [1.54, 1.807) is 0 Å². The first kappa shape index (κ1) is 21.2. The van der Waals surface area contributed by atoms with Crippen LogP contribution in [-0.4, -0.2) is 21.1 Å². The van der Waals surface area contributed by atoms with Gasteiger partial charge in [-0.25, -0.2) is 0 Å². The molecule has 0 aliphatic carbocycles. The zero-order valence-electron chi connectivity index (χ0n) is 10.9. The van der Waals surface area contributed by atoms with Crippen LogP contribution >= 0.6 is 112 Å². The molecule has 0 bridgehead atoms. The van der Waals surface area contributed by atoms with Gasteiger partial charge in [0.05, 0.1) is 29.0 Å². The first-order valence-electron chi connectivity index (χ1n) is 5.70. The van der Waals surface area contributed by atoms with Gasteiger partial charge in [0.25, 0.3) is 0 Å². The molecule has 0 radical (unpaired) electrons. The molecule has 4 nitrogen and oxygen atoms in total. The van der Waals surface area contributed by atoms with E-state index in [1.807, 2.05) is 0 Å². The Morgan fingerprint density at radius 2 is 0.792 bits per heavy atom. The second-order valence-electron chi connectivity index (χ2n) is 4.32. The van der Waals surface area contributed by atoms with Crippen molar-refractivity contribution in [3.8, 4) is 17.2 Å². The van der Waals surface area contributed by atoms with Crippen LogP contribution < -0.4 is 0 Å². The SMILES string of the molecule is O=C(c1c(Br)c(O)c(O)c(Br)c1Br)c1c(Br)c(Br)c(O)c(Br)c1Br. The van der Waals surface area contributed by atoms with Gasteiger partial charge in [0.1, 0.15) is 5.75 Å². The average molecular weight is 782 g/mol. The number of rotatable bonds is 2. The van der Waals surface area contributed by atoms with Crippen molar-refractivity contribution in [2.24, 2.45) is 0 Å². The number of hydrogen-bond donors (Lipinski definition) is 3. The van der Waals surface area contributed by atoms with E-state index in [-0.39, 0.29) is 39.2 Å². The molecule has 0 saturated heterocycles. The number of aromatic hydroxyl groups is 3. The molecule has 0 aromatic heterocycles. The van der Waals surface area contributed by atoms with Gasteiger partial charge in [-0.05, 0) is 112 Å². The smallest absolute Gasteiger partial charge is 0.197 e. The first-order chi connectivity index (χ1) is 11.0. The average Bonchev–Trinajstić information content (AvgIpc) is 2.55. The summed E-state index contributed by atoms with van der Waals surface area (Å²) in [6.07, 6.45) is 0. The fourth-order valence-electron chi connectivity index (χ4n) is 1.78. The lowest BCUT2D eigenvalue weighted by Crippen LogP contribution is -2.07. The van der Waals surface area contributed by atoms with Crippen LogP contribution in [0, 0.1) is 0 Å². The number of carbonyl (C=O) groups is 1. The van der Waals surface area contributed by atoms with Crippen LogP contribution in [0.25, 0.3) is 0 Å². The summed E-state index contributed by atoms with van der Waals surface area (Å²) >= 11 is 22.5. The van der Waals surface area contributed by atoms with Crippen LogP contribution in [0.15, 0.2) is 31.3 Å². The normalized spacial score (nSPS) is 11.0. The molecular formula is C13H3Br7O4. The molecule has 2 rings (SSSR count). The molecule has 0 atom stereocenters. The highest BCUT2D eigenvalue weighted by atomic mass is 79.9. The summed E-state index contributed by atoms with van der Waals surface area (Å²) in [4.78, 5) is 13.1. The lowest BCUT2D eigenvalue weighted by Gasteiger charge is -2.16. The molecule has 2 aromatic carbocycles. The third-order valence-corrected chi connectivity index (χ3v) is 10.0. The van der Waals surface area contributed by atoms with E-state index in [0.717, 1.165) is 0 Å². The number of carbonyl (C=O) groups excluding carboxylic acids is 1. The van der Waals surface area contributed by atoms with Gasteiger partial charge in [-0.15, -0.1) is 0 Å². The second-order valence-corrected chi connectivity index (χ2v) is 9.87. The minimum Gasteiger partial charge on any atom is -0.505 e. The second kappa shape index (κ2) is 7.85. The van der Waals surface area contributed by atoms with Gasteiger partial charge in [0, 0.05) is 13.4 Å². The van der Waals surface area contributed by atoms with E-state index in [4.69, 9.17) is 0 Å². The fourth-order valence-corrected chi connectivity index (χ4v) is 6.02. The summed E-state index contributed by atoms with van der Waals surface area (Å²) in [5.74, 6) is -1.45. The molecule has 0 aliphatic heterocycles. The summed E-state index contributed by atoms with van der Waals surface area (Å²) in [7, 11) is 0. The van der Waals surface area contributed by atoms with E-state index < -0.39 is 17.3 Å².